The topological polar surface area (TPSA) is 64.6 Å². The van der Waals surface area contributed by atoms with Gasteiger partial charge in [0.1, 0.15) is 0 Å². The van der Waals surface area contributed by atoms with E-state index in [1.165, 1.54) is 27.0 Å². The third-order valence-electron chi connectivity index (χ3n) is 1.74. The highest BCUT2D eigenvalue weighted by atomic mass is 16.6. The van der Waals surface area contributed by atoms with Crippen molar-refractivity contribution in [2.45, 2.75) is 13.8 Å². The molecule has 86 valence electrons. The van der Waals surface area contributed by atoms with Crippen LogP contribution in [0.25, 0.3) is 0 Å². The molecule has 0 unspecified atom stereocenters. The van der Waals surface area contributed by atoms with Gasteiger partial charge >= 0.3 is 5.97 Å². The van der Waals surface area contributed by atoms with Crippen LogP contribution in [0.5, 0.6) is 11.5 Å². The predicted octanol–water partition coefficient (Wildman–Crippen LogP) is 1.58. The van der Waals surface area contributed by atoms with E-state index >= 15 is 0 Å². The summed E-state index contributed by atoms with van der Waals surface area (Å²) in [5, 5.41) is 2.58. The van der Waals surface area contributed by atoms with Crippen molar-refractivity contribution in [3.63, 3.8) is 0 Å². The Morgan fingerprint density at radius 2 is 1.88 bits per heavy atom. The number of esters is 1. The fourth-order valence-corrected chi connectivity index (χ4v) is 1.19. The van der Waals surface area contributed by atoms with Crippen LogP contribution in [0.2, 0.25) is 0 Å². The van der Waals surface area contributed by atoms with E-state index in [2.05, 4.69) is 5.32 Å². The molecule has 1 amide bonds. The van der Waals surface area contributed by atoms with Gasteiger partial charge in [-0.25, -0.2) is 0 Å². The van der Waals surface area contributed by atoms with Crippen molar-refractivity contribution in [3.05, 3.63) is 18.2 Å². The van der Waals surface area contributed by atoms with Gasteiger partial charge in [-0.05, 0) is 12.1 Å². The predicted molar refractivity (Wildman–Crippen MR) is 58.6 cm³/mol. The lowest BCUT2D eigenvalue weighted by atomic mass is 10.2. The number of benzene rings is 1. The van der Waals surface area contributed by atoms with Crippen LogP contribution in [0.15, 0.2) is 18.2 Å². The highest BCUT2D eigenvalue weighted by Gasteiger charge is 2.08. The molecule has 1 rings (SSSR count). The minimum absolute atomic E-state index is 0.195. The van der Waals surface area contributed by atoms with Gasteiger partial charge in [0, 0.05) is 25.6 Å². The molecule has 5 nitrogen and oxygen atoms in total. The maximum Gasteiger partial charge on any atom is 0.308 e. The van der Waals surface area contributed by atoms with Gasteiger partial charge in [-0.1, -0.05) is 0 Å². The number of methoxy groups -OCH3 is 1. The van der Waals surface area contributed by atoms with E-state index in [1.54, 1.807) is 12.1 Å². The van der Waals surface area contributed by atoms with Crippen molar-refractivity contribution >= 4 is 17.6 Å². The lowest BCUT2D eigenvalue weighted by molar-refractivity contribution is -0.132. The second-order valence-corrected chi connectivity index (χ2v) is 3.14. The molecule has 0 aliphatic rings. The zero-order chi connectivity index (χ0) is 12.1. The lowest BCUT2D eigenvalue weighted by Gasteiger charge is -2.10. The molecule has 1 aromatic rings. The Balaban J connectivity index is 3.00. The second-order valence-electron chi connectivity index (χ2n) is 3.14. The number of hydrogen-bond acceptors (Lipinski definition) is 4. The zero-order valence-corrected chi connectivity index (χ0v) is 9.37. The Hall–Kier alpha value is -2.04. The third-order valence-corrected chi connectivity index (χ3v) is 1.74. The standard InChI is InChI=1S/C11H13NO4/c1-7(13)12-9-4-5-10(15-3)11(6-9)16-8(2)14/h4-6H,1-3H3,(H,12,13). The van der Waals surface area contributed by atoms with E-state index in [4.69, 9.17) is 9.47 Å². The second kappa shape index (κ2) is 5.16. The number of anilines is 1. The van der Waals surface area contributed by atoms with Crippen LogP contribution in [0, 0.1) is 0 Å². The smallest absolute Gasteiger partial charge is 0.308 e. The largest absolute Gasteiger partial charge is 0.493 e. The van der Waals surface area contributed by atoms with E-state index in [1.807, 2.05) is 0 Å². The van der Waals surface area contributed by atoms with E-state index < -0.39 is 5.97 Å². The number of ether oxygens (including phenoxy) is 2. The number of carbonyl (C=O) groups excluding carboxylic acids is 2. The van der Waals surface area contributed by atoms with E-state index in [-0.39, 0.29) is 11.7 Å². The SMILES string of the molecule is COc1ccc(NC(C)=O)cc1OC(C)=O. The molecule has 16 heavy (non-hydrogen) atoms. The molecule has 0 saturated carbocycles. The van der Waals surface area contributed by atoms with Gasteiger partial charge in [-0.15, -0.1) is 0 Å². The molecule has 0 aliphatic heterocycles. The molecule has 5 heteroatoms. The van der Waals surface area contributed by atoms with E-state index in [0.29, 0.717) is 11.4 Å². The van der Waals surface area contributed by atoms with Gasteiger partial charge in [0.25, 0.3) is 0 Å². The minimum atomic E-state index is -0.446. The van der Waals surface area contributed by atoms with Gasteiger partial charge < -0.3 is 14.8 Å². The molecule has 0 fully saturated rings. The highest BCUT2D eigenvalue weighted by Crippen LogP contribution is 2.30. The van der Waals surface area contributed by atoms with E-state index in [9.17, 15) is 9.59 Å². The van der Waals surface area contributed by atoms with Crippen LogP contribution in [0.4, 0.5) is 5.69 Å². The van der Waals surface area contributed by atoms with Gasteiger partial charge in [-0.2, -0.15) is 0 Å². The summed E-state index contributed by atoms with van der Waals surface area (Å²) in [6.07, 6.45) is 0. The number of rotatable bonds is 3. The Morgan fingerprint density at radius 3 is 2.38 bits per heavy atom. The zero-order valence-electron chi connectivity index (χ0n) is 9.37. The van der Waals surface area contributed by atoms with Gasteiger partial charge in [0.2, 0.25) is 5.91 Å². The van der Waals surface area contributed by atoms with Crippen molar-refractivity contribution in [3.8, 4) is 11.5 Å². The summed E-state index contributed by atoms with van der Waals surface area (Å²) in [5.74, 6) is 0.0720. The maximum absolute atomic E-state index is 10.9. The van der Waals surface area contributed by atoms with Crippen LogP contribution < -0.4 is 14.8 Å². The van der Waals surface area contributed by atoms with E-state index in [0.717, 1.165) is 0 Å². The molecule has 1 N–H and O–H groups in total. The van der Waals surface area contributed by atoms with Crippen LogP contribution in [0.1, 0.15) is 13.8 Å². The highest BCUT2D eigenvalue weighted by molar-refractivity contribution is 5.89. The first-order valence-electron chi connectivity index (χ1n) is 4.67. The van der Waals surface area contributed by atoms with Crippen molar-refractivity contribution in [1.29, 1.82) is 0 Å². The molecule has 0 heterocycles. The Morgan fingerprint density at radius 1 is 1.19 bits per heavy atom. The molecule has 0 aliphatic carbocycles. The molecule has 1 aromatic carbocycles. The van der Waals surface area contributed by atoms with Gasteiger partial charge in [0.15, 0.2) is 11.5 Å². The van der Waals surface area contributed by atoms with Crippen molar-refractivity contribution in [2.75, 3.05) is 12.4 Å². The summed E-state index contributed by atoms with van der Waals surface area (Å²) in [5.41, 5.74) is 0.546. The average Bonchev–Trinajstić information content (AvgIpc) is 2.16. The third kappa shape index (κ3) is 3.27. The molecule has 0 bridgehead atoms. The normalized spacial score (nSPS) is 9.44. The molecule has 0 aromatic heterocycles. The molecule has 0 radical (unpaired) electrons. The summed E-state index contributed by atoms with van der Waals surface area (Å²) >= 11 is 0. The quantitative estimate of drug-likeness (QED) is 0.624. The fourth-order valence-electron chi connectivity index (χ4n) is 1.19. The monoisotopic (exact) mass is 223 g/mol. The van der Waals surface area contributed by atoms with Gasteiger partial charge in [0.05, 0.1) is 7.11 Å². The maximum atomic E-state index is 10.9. The Labute approximate surface area is 93.4 Å². The summed E-state index contributed by atoms with van der Waals surface area (Å²) in [7, 11) is 1.47. The minimum Gasteiger partial charge on any atom is -0.493 e. The lowest BCUT2D eigenvalue weighted by Crippen LogP contribution is -2.07. The Kier molecular flexibility index (Phi) is 3.88. The van der Waals surface area contributed by atoms with Crippen molar-refractivity contribution < 1.29 is 19.1 Å². The number of nitrogens with one attached hydrogen (secondary N) is 1. The first-order chi connectivity index (χ1) is 7.52. The molecule has 0 saturated heterocycles. The van der Waals surface area contributed by atoms with Crippen molar-refractivity contribution in [2.24, 2.45) is 0 Å². The fraction of sp³-hybridized carbons (Fsp3) is 0.273. The first kappa shape index (κ1) is 12.0. The molecular formula is C11H13NO4. The summed E-state index contributed by atoms with van der Waals surface area (Å²) in [6.45, 7) is 2.69. The van der Waals surface area contributed by atoms with Crippen LogP contribution >= 0.6 is 0 Å². The summed E-state index contributed by atoms with van der Waals surface area (Å²) in [4.78, 5) is 21.7. The average molecular weight is 223 g/mol. The van der Waals surface area contributed by atoms with Crippen LogP contribution in [-0.4, -0.2) is 19.0 Å². The van der Waals surface area contributed by atoms with Crippen molar-refractivity contribution in [1.82, 2.24) is 0 Å². The Bertz CT molecular complexity index is 414. The van der Waals surface area contributed by atoms with Crippen LogP contribution in [-0.2, 0) is 9.59 Å². The first-order valence-corrected chi connectivity index (χ1v) is 4.67. The molecular weight excluding hydrogens is 210 g/mol. The van der Waals surface area contributed by atoms with Crippen LogP contribution in [0.3, 0.4) is 0 Å². The number of amides is 1. The summed E-state index contributed by atoms with van der Waals surface area (Å²) < 4.78 is 9.96. The number of carbonyl (C=O) groups is 2. The number of hydrogen-bond donors (Lipinski definition) is 1. The molecule has 0 spiro atoms. The summed E-state index contributed by atoms with van der Waals surface area (Å²) in [6, 6.07) is 4.80. The molecule has 0 atom stereocenters. The van der Waals surface area contributed by atoms with Gasteiger partial charge in [-0.3, -0.25) is 9.59 Å².